The van der Waals surface area contributed by atoms with Gasteiger partial charge in [-0.05, 0) is 45.6 Å². The van der Waals surface area contributed by atoms with Gasteiger partial charge in [-0.15, -0.1) is 0 Å². The summed E-state index contributed by atoms with van der Waals surface area (Å²) in [6.07, 6.45) is 8.54. The summed E-state index contributed by atoms with van der Waals surface area (Å²) < 4.78 is 0. The number of rotatable bonds is 3. The van der Waals surface area contributed by atoms with Crippen LogP contribution in [0.3, 0.4) is 0 Å². The summed E-state index contributed by atoms with van der Waals surface area (Å²) in [5.74, 6) is 0.286. The number of aliphatic hydroxyl groups excluding tert-OH is 1. The Labute approximate surface area is 104 Å². The van der Waals surface area contributed by atoms with Crippen LogP contribution in [0, 0.1) is 0 Å². The molecule has 2 aliphatic rings. The van der Waals surface area contributed by atoms with Crippen LogP contribution in [0.5, 0.6) is 0 Å². The highest BCUT2D eigenvalue weighted by Crippen LogP contribution is 2.30. The van der Waals surface area contributed by atoms with Crippen molar-refractivity contribution in [2.24, 2.45) is 0 Å². The Bertz CT molecular complexity index is 267. The second kappa shape index (κ2) is 5.96. The maximum absolute atomic E-state index is 11.4. The van der Waals surface area contributed by atoms with E-state index in [1.807, 2.05) is 0 Å². The van der Waals surface area contributed by atoms with Crippen LogP contribution in [0.25, 0.3) is 0 Å². The number of ketones is 1. The van der Waals surface area contributed by atoms with Gasteiger partial charge in [0.2, 0.25) is 0 Å². The van der Waals surface area contributed by atoms with E-state index < -0.39 is 0 Å². The van der Waals surface area contributed by atoms with Gasteiger partial charge in [0.25, 0.3) is 0 Å². The highest BCUT2D eigenvalue weighted by atomic mass is 16.3. The van der Waals surface area contributed by atoms with E-state index in [0.717, 1.165) is 32.2 Å². The fraction of sp³-hybridized carbons (Fsp3) is 0.929. The van der Waals surface area contributed by atoms with Gasteiger partial charge in [0.15, 0.2) is 0 Å². The summed E-state index contributed by atoms with van der Waals surface area (Å²) in [4.78, 5) is 13.8. The average Bonchev–Trinajstić information content (AvgIpc) is 2.56. The molecule has 3 atom stereocenters. The molecular weight excluding hydrogens is 214 g/mol. The zero-order valence-electron chi connectivity index (χ0n) is 10.9. The Hall–Kier alpha value is -0.410. The molecule has 98 valence electrons. The minimum absolute atomic E-state index is 0.164. The first-order valence-corrected chi connectivity index (χ1v) is 7.11. The van der Waals surface area contributed by atoms with E-state index in [0.29, 0.717) is 18.5 Å². The topological polar surface area (TPSA) is 40.5 Å². The number of carbonyl (C=O) groups excluding carboxylic acids is 1. The van der Waals surface area contributed by atoms with Crippen LogP contribution in [0.15, 0.2) is 0 Å². The van der Waals surface area contributed by atoms with Crippen molar-refractivity contribution < 1.29 is 9.90 Å². The quantitative estimate of drug-likeness (QED) is 0.820. The van der Waals surface area contributed by atoms with E-state index >= 15 is 0 Å². The third-order valence-electron chi connectivity index (χ3n) is 4.32. The molecule has 1 aliphatic heterocycles. The number of nitrogens with zero attached hydrogens (tertiary/aromatic N) is 1. The Balaban J connectivity index is 2.05. The zero-order chi connectivity index (χ0) is 12.3. The summed E-state index contributed by atoms with van der Waals surface area (Å²) in [5.41, 5.74) is 0. The van der Waals surface area contributed by atoms with Crippen LogP contribution in [-0.2, 0) is 4.79 Å². The predicted octanol–water partition coefficient (Wildman–Crippen LogP) is 2.12. The van der Waals surface area contributed by atoms with Gasteiger partial charge < -0.3 is 5.11 Å². The standard InChI is InChI=1S/C14H25NO2/c1-11(16)10-12-6-3-2-4-9-15(12)13-7-5-8-14(13)17/h12-14,17H,2-10H2,1H3. The maximum Gasteiger partial charge on any atom is 0.131 e. The van der Waals surface area contributed by atoms with Crippen molar-refractivity contribution in [3.05, 3.63) is 0 Å². The molecule has 1 saturated carbocycles. The Morgan fingerprint density at radius 2 is 2.00 bits per heavy atom. The van der Waals surface area contributed by atoms with Crippen molar-refractivity contribution in [3.8, 4) is 0 Å². The molecule has 0 spiro atoms. The Morgan fingerprint density at radius 3 is 2.65 bits per heavy atom. The number of likely N-dealkylation sites (tertiary alicyclic amines) is 1. The number of carbonyl (C=O) groups is 1. The fourth-order valence-electron chi connectivity index (χ4n) is 3.50. The summed E-state index contributed by atoms with van der Waals surface area (Å²) in [6, 6.07) is 0.699. The van der Waals surface area contributed by atoms with Crippen molar-refractivity contribution in [2.75, 3.05) is 6.54 Å². The second-order valence-corrected chi connectivity index (χ2v) is 5.71. The normalized spacial score (nSPS) is 35.8. The van der Waals surface area contributed by atoms with Gasteiger partial charge in [-0.2, -0.15) is 0 Å². The Morgan fingerprint density at radius 1 is 1.18 bits per heavy atom. The lowest BCUT2D eigenvalue weighted by Gasteiger charge is -2.36. The smallest absolute Gasteiger partial charge is 0.131 e. The van der Waals surface area contributed by atoms with Crippen LogP contribution in [0.2, 0.25) is 0 Å². The molecule has 0 aromatic heterocycles. The summed E-state index contributed by atoms with van der Waals surface area (Å²) in [6.45, 7) is 2.76. The fourth-order valence-corrected chi connectivity index (χ4v) is 3.50. The van der Waals surface area contributed by atoms with Crippen LogP contribution >= 0.6 is 0 Å². The summed E-state index contributed by atoms with van der Waals surface area (Å²) >= 11 is 0. The molecule has 3 unspecified atom stereocenters. The second-order valence-electron chi connectivity index (χ2n) is 5.71. The summed E-state index contributed by atoms with van der Waals surface area (Å²) in [5, 5.41) is 10.1. The molecule has 1 heterocycles. The largest absolute Gasteiger partial charge is 0.391 e. The van der Waals surface area contributed by atoms with E-state index in [1.165, 1.54) is 19.3 Å². The van der Waals surface area contributed by atoms with Gasteiger partial charge >= 0.3 is 0 Å². The molecule has 2 fully saturated rings. The summed E-state index contributed by atoms with van der Waals surface area (Å²) in [7, 11) is 0. The molecule has 3 heteroatoms. The van der Waals surface area contributed by atoms with Crippen molar-refractivity contribution in [3.63, 3.8) is 0 Å². The van der Waals surface area contributed by atoms with Crippen molar-refractivity contribution in [1.29, 1.82) is 0 Å². The van der Waals surface area contributed by atoms with Gasteiger partial charge in [0, 0.05) is 18.5 Å². The molecule has 0 aromatic carbocycles. The lowest BCUT2D eigenvalue weighted by Crippen LogP contribution is -2.47. The SMILES string of the molecule is CC(=O)CC1CCCCCN1C1CCCC1O. The molecule has 2 rings (SSSR count). The van der Waals surface area contributed by atoms with Gasteiger partial charge in [-0.3, -0.25) is 9.69 Å². The lowest BCUT2D eigenvalue weighted by atomic mass is 10.0. The van der Waals surface area contributed by atoms with Gasteiger partial charge in [-0.25, -0.2) is 0 Å². The molecule has 1 N–H and O–H groups in total. The van der Waals surface area contributed by atoms with Crippen LogP contribution < -0.4 is 0 Å². The van der Waals surface area contributed by atoms with E-state index in [9.17, 15) is 9.90 Å². The van der Waals surface area contributed by atoms with E-state index in [2.05, 4.69) is 4.90 Å². The van der Waals surface area contributed by atoms with E-state index in [4.69, 9.17) is 0 Å². The van der Waals surface area contributed by atoms with Crippen LogP contribution in [0.4, 0.5) is 0 Å². The first kappa shape index (κ1) is 13.0. The molecule has 0 amide bonds. The molecule has 1 saturated heterocycles. The van der Waals surface area contributed by atoms with Crippen LogP contribution in [0.1, 0.15) is 58.3 Å². The molecule has 1 aliphatic carbocycles. The minimum atomic E-state index is -0.164. The third kappa shape index (κ3) is 3.29. The molecule has 0 bridgehead atoms. The van der Waals surface area contributed by atoms with Gasteiger partial charge in [0.1, 0.15) is 5.78 Å². The monoisotopic (exact) mass is 239 g/mol. The Kier molecular flexibility index (Phi) is 4.57. The average molecular weight is 239 g/mol. The zero-order valence-corrected chi connectivity index (χ0v) is 10.9. The van der Waals surface area contributed by atoms with Gasteiger partial charge in [-0.1, -0.05) is 12.8 Å². The van der Waals surface area contributed by atoms with Crippen molar-refractivity contribution in [2.45, 2.75) is 76.5 Å². The van der Waals surface area contributed by atoms with E-state index in [1.54, 1.807) is 6.92 Å². The number of hydrogen-bond donors (Lipinski definition) is 1. The number of Topliss-reactive ketones (excluding diaryl/α,β-unsaturated/α-hetero) is 1. The maximum atomic E-state index is 11.4. The van der Waals surface area contributed by atoms with E-state index in [-0.39, 0.29) is 11.9 Å². The number of hydrogen-bond acceptors (Lipinski definition) is 3. The highest BCUT2D eigenvalue weighted by molar-refractivity contribution is 5.76. The molecule has 0 aromatic rings. The van der Waals surface area contributed by atoms with Crippen molar-refractivity contribution >= 4 is 5.78 Å². The first-order valence-electron chi connectivity index (χ1n) is 7.11. The highest BCUT2D eigenvalue weighted by Gasteiger charge is 2.35. The van der Waals surface area contributed by atoms with Crippen molar-refractivity contribution in [1.82, 2.24) is 4.90 Å². The predicted molar refractivity (Wildman–Crippen MR) is 67.9 cm³/mol. The molecular formula is C14H25NO2. The first-order chi connectivity index (χ1) is 8.18. The molecule has 3 nitrogen and oxygen atoms in total. The molecule has 17 heavy (non-hydrogen) atoms. The van der Waals surface area contributed by atoms with Gasteiger partial charge in [0.05, 0.1) is 6.10 Å². The third-order valence-corrected chi connectivity index (χ3v) is 4.32. The minimum Gasteiger partial charge on any atom is -0.391 e. The van der Waals surface area contributed by atoms with Crippen LogP contribution in [-0.4, -0.2) is 40.5 Å². The molecule has 0 radical (unpaired) electrons. The number of aliphatic hydroxyl groups is 1. The lowest BCUT2D eigenvalue weighted by molar-refractivity contribution is -0.118.